The summed E-state index contributed by atoms with van der Waals surface area (Å²) in [6.45, 7) is 4.33. The lowest BCUT2D eigenvalue weighted by Crippen LogP contribution is -2.29. The molecule has 1 amide bonds. The van der Waals surface area contributed by atoms with Crippen LogP contribution in [0.2, 0.25) is 0 Å². The number of nitrogens with one attached hydrogen (secondary N) is 1. The molecule has 1 aromatic carbocycles. The number of halogens is 1. The molecule has 2 aromatic rings. The summed E-state index contributed by atoms with van der Waals surface area (Å²) in [5, 5.41) is 3.34. The van der Waals surface area contributed by atoms with Crippen LogP contribution in [-0.4, -0.2) is 28.5 Å². The van der Waals surface area contributed by atoms with Gasteiger partial charge in [0.2, 0.25) is 11.9 Å². The third kappa shape index (κ3) is 4.62. The van der Waals surface area contributed by atoms with Gasteiger partial charge in [-0.25, -0.2) is 14.4 Å². The Kier molecular flexibility index (Phi) is 6.37. The van der Waals surface area contributed by atoms with Crippen molar-refractivity contribution in [3.63, 3.8) is 0 Å². The van der Waals surface area contributed by atoms with Gasteiger partial charge in [0.1, 0.15) is 5.69 Å². The summed E-state index contributed by atoms with van der Waals surface area (Å²) >= 11 is 0. The van der Waals surface area contributed by atoms with Gasteiger partial charge >= 0.3 is 0 Å². The molecule has 27 heavy (non-hydrogen) atoms. The zero-order valence-electron chi connectivity index (χ0n) is 16.0. The minimum atomic E-state index is -0.466. The standard InChI is InChI=1S/C21H27FN4O.H2/c1-3-19(27)26(4-2)17-12-8-9-15(13-17)20-18(22)14-23-21(25-20)24-16-10-6-5-7-11-16;/h8-9,12-14,16H,3-7,10-11H2,1-2H3,(H,23,24,25);1H. The highest BCUT2D eigenvalue weighted by Crippen LogP contribution is 2.27. The van der Waals surface area contributed by atoms with E-state index >= 15 is 0 Å². The molecule has 1 heterocycles. The lowest BCUT2D eigenvalue weighted by molar-refractivity contribution is -0.118. The third-order valence-corrected chi connectivity index (χ3v) is 5.03. The van der Waals surface area contributed by atoms with E-state index in [-0.39, 0.29) is 13.0 Å². The number of rotatable bonds is 6. The maximum Gasteiger partial charge on any atom is 0.226 e. The van der Waals surface area contributed by atoms with Crippen molar-refractivity contribution in [3.05, 3.63) is 36.3 Å². The quantitative estimate of drug-likeness (QED) is 0.772. The number of hydrogen-bond donors (Lipinski definition) is 1. The Morgan fingerprint density at radius 1 is 1.30 bits per heavy atom. The van der Waals surface area contributed by atoms with Crippen LogP contribution >= 0.6 is 0 Å². The zero-order valence-corrected chi connectivity index (χ0v) is 16.0. The SMILES string of the molecule is CCC(=O)N(CC)c1cccc(-c2nc(NC3CCCCC3)ncc2F)c1.[HH]. The van der Waals surface area contributed by atoms with Crippen molar-refractivity contribution < 1.29 is 10.6 Å². The van der Waals surface area contributed by atoms with Crippen molar-refractivity contribution in [2.45, 2.75) is 58.4 Å². The lowest BCUT2D eigenvalue weighted by atomic mass is 9.96. The van der Waals surface area contributed by atoms with Gasteiger partial charge in [0.15, 0.2) is 5.82 Å². The van der Waals surface area contributed by atoms with Crippen LogP contribution in [0.1, 0.15) is 53.8 Å². The van der Waals surface area contributed by atoms with E-state index in [9.17, 15) is 9.18 Å². The number of benzene rings is 1. The van der Waals surface area contributed by atoms with Crippen LogP contribution in [0.3, 0.4) is 0 Å². The van der Waals surface area contributed by atoms with Gasteiger partial charge in [-0.3, -0.25) is 4.79 Å². The van der Waals surface area contributed by atoms with E-state index in [1.165, 1.54) is 25.5 Å². The van der Waals surface area contributed by atoms with Crippen LogP contribution < -0.4 is 10.2 Å². The van der Waals surface area contributed by atoms with E-state index in [4.69, 9.17) is 0 Å². The Morgan fingerprint density at radius 2 is 2.07 bits per heavy atom. The summed E-state index contributed by atoms with van der Waals surface area (Å²) in [5.41, 5.74) is 1.65. The summed E-state index contributed by atoms with van der Waals surface area (Å²) in [6.07, 6.45) is 7.50. The Bertz CT molecular complexity index is 796. The van der Waals surface area contributed by atoms with Gasteiger partial charge in [-0.1, -0.05) is 38.3 Å². The van der Waals surface area contributed by atoms with Crippen LogP contribution in [0.5, 0.6) is 0 Å². The minimum Gasteiger partial charge on any atom is -0.351 e. The maximum absolute atomic E-state index is 14.4. The van der Waals surface area contributed by atoms with Gasteiger partial charge in [0, 0.05) is 31.7 Å². The van der Waals surface area contributed by atoms with Gasteiger partial charge in [0.25, 0.3) is 0 Å². The molecule has 1 N–H and O–H groups in total. The van der Waals surface area contributed by atoms with Gasteiger partial charge < -0.3 is 10.2 Å². The lowest BCUT2D eigenvalue weighted by Gasteiger charge is -2.23. The van der Waals surface area contributed by atoms with Crippen molar-refractivity contribution in [3.8, 4) is 11.3 Å². The fraction of sp³-hybridized carbons (Fsp3) is 0.476. The van der Waals surface area contributed by atoms with E-state index in [1.807, 2.05) is 38.1 Å². The van der Waals surface area contributed by atoms with Crippen LogP contribution in [0.25, 0.3) is 11.3 Å². The second-order valence-electron chi connectivity index (χ2n) is 6.91. The fourth-order valence-electron chi connectivity index (χ4n) is 3.58. The smallest absolute Gasteiger partial charge is 0.226 e. The second kappa shape index (κ2) is 8.93. The molecule has 3 rings (SSSR count). The first kappa shape index (κ1) is 19.3. The van der Waals surface area contributed by atoms with Crippen molar-refractivity contribution >= 4 is 17.5 Å². The molecule has 0 spiro atoms. The molecule has 0 bridgehead atoms. The van der Waals surface area contributed by atoms with Crippen LogP contribution in [0.15, 0.2) is 30.5 Å². The predicted molar refractivity (Wildman–Crippen MR) is 108 cm³/mol. The first-order valence-corrected chi connectivity index (χ1v) is 9.82. The Balaban J connectivity index is 0.00000280. The highest BCUT2D eigenvalue weighted by molar-refractivity contribution is 5.93. The molecule has 0 saturated heterocycles. The monoisotopic (exact) mass is 372 g/mol. The largest absolute Gasteiger partial charge is 0.351 e. The van der Waals surface area contributed by atoms with E-state index in [0.29, 0.717) is 30.5 Å². The topological polar surface area (TPSA) is 58.1 Å². The summed E-state index contributed by atoms with van der Waals surface area (Å²) in [4.78, 5) is 22.4. The average Bonchev–Trinajstić information content (AvgIpc) is 2.71. The van der Waals surface area contributed by atoms with E-state index in [2.05, 4.69) is 15.3 Å². The maximum atomic E-state index is 14.4. The molecule has 1 fully saturated rings. The number of aromatic nitrogens is 2. The van der Waals surface area contributed by atoms with Crippen molar-refractivity contribution in [1.82, 2.24) is 9.97 Å². The van der Waals surface area contributed by atoms with Gasteiger partial charge in [-0.05, 0) is 31.9 Å². The number of amides is 1. The predicted octanol–water partition coefficient (Wildman–Crippen LogP) is 5.04. The fourth-order valence-corrected chi connectivity index (χ4v) is 3.58. The molecule has 5 nitrogen and oxygen atoms in total. The normalized spacial score (nSPS) is 14.8. The van der Waals surface area contributed by atoms with Crippen molar-refractivity contribution in [2.75, 3.05) is 16.8 Å². The van der Waals surface area contributed by atoms with Gasteiger partial charge in [0.05, 0.1) is 6.20 Å². The molecule has 146 valence electrons. The van der Waals surface area contributed by atoms with Gasteiger partial charge in [-0.15, -0.1) is 0 Å². The number of nitrogens with zero attached hydrogens (tertiary/aromatic N) is 3. The Morgan fingerprint density at radius 3 is 2.78 bits per heavy atom. The van der Waals surface area contributed by atoms with Gasteiger partial charge in [-0.2, -0.15) is 0 Å². The molecule has 0 atom stereocenters. The second-order valence-corrected chi connectivity index (χ2v) is 6.91. The number of anilines is 2. The number of carbonyl (C=O) groups excluding carboxylic acids is 1. The molecular formula is C21H29FN4O. The van der Waals surface area contributed by atoms with Crippen LogP contribution in [0.4, 0.5) is 16.0 Å². The molecule has 1 aliphatic rings. The first-order valence-electron chi connectivity index (χ1n) is 9.82. The van der Waals surface area contributed by atoms with E-state index in [1.54, 1.807) is 4.90 Å². The van der Waals surface area contributed by atoms with Crippen LogP contribution in [-0.2, 0) is 4.79 Å². The van der Waals surface area contributed by atoms with E-state index < -0.39 is 5.82 Å². The molecule has 6 heteroatoms. The highest BCUT2D eigenvalue weighted by Gasteiger charge is 2.17. The minimum absolute atomic E-state index is 0. The van der Waals surface area contributed by atoms with Crippen molar-refractivity contribution in [2.24, 2.45) is 0 Å². The molecule has 1 aromatic heterocycles. The van der Waals surface area contributed by atoms with Crippen LogP contribution in [0, 0.1) is 5.82 Å². The molecular weight excluding hydrogens is 343 g/mol. The Labute approximate surface area is 161 Å². The molecule has 1 aliphatic carbocycles. The highest BCUT2D eigenvalue weighted by atomic mass is 19.1. The average molecular weight is 372 g/mol. The summed E-state index contributed by atoms with van der Waals surface area (Å²) in [5.74, 6) is 0.0318. The molecule has 0 radical (unpaired) electrons. The third-order valence-electron chi connectivity index (χ3n) is 5.03. The number of hydrogen-bond acceptors (Lipinski definition) is 4. The first-order chi connectivity index (χ1) is 13.1. The molecule has 1 saturated carbocycles. The van der Waals surface area contributed by atoms with E-state index in [0.717, 1.165) is 18.5 Å². The van der Waals surface area contributed by atoms with Crippen molar-refractivity contribution in [1.29, 1.82) is 0 Å². The summed E-state index contributed by atoms with van der Waals surface area (Å²) in [7, 11) is 0. The zero-order chi connectivity index (χ0) is 19.2. The summed E-state index contributed by atoms with van der Waals surface area (Å²) < 4.78 is 14.4. The summed E-state index contributed by atoms with van der Waals surface area (Å²) in [6, 6.07) is 7.66. The Hall–Kier alpha value is -2.50. The molecule has 0 aliphatic heterocycles. The number of carbonyl (C=O) groups is 1. The molecule has 0 unspecified atom stereocenters.